The van der Waals surface area contributed by atoms with Crippen molar-refractivity contribution in [3.05, 3.63) is 54.1 Å². The molecule has 3 N–H and O–H groups in total. The molecule has 1 spiro atoms. The Balaban J connectivity index is 1.69. The van der Waals surface area contributed by atoms with Crippen molar-refractivity contribution in [1.29, 1.82) is 0 Å². The molecule has 2 aromatic rings. The SMILES string of the molecule is CCNC(=S)NS(=O)(=O)c1ccc(N2C(=O)c3ccccc3NC23CCCCC3)cc1. The summed E-state index contributed by atoms with van der Waals surface area (Å²) in [5.41, 5.74) is 1.63. The van der Waals surface area contributed by atoms with E-state index in [0.717, 1.165) is 37.8 Å². The summed E-state index contributed by atoms with van der Waals surface area (Å²) in [6.07, 6.45) is 4.87. The molecule has 31 heavy (non-hydrogen) atoms. The maximum absolute atomic E-state index is 13.5. The highest BCUT2D eigenvalue weighted by Crippen LogP contribution is 2.42. The number of benzene rings is 2. The van der Waals surface area contributed by atoms with Gasteiger partial charge in [-0.25, -0.2) is 8.42 Å². The number of carbonyl (C=O) groups excluding carboxylic acids is 1. The number of para-hydroxylation sites is 1. The molecule has 1 fully saturated rings. The first-order valence-corrected chi connectivity index (χ1v) is 12.4. The quantitative estimate of drug-likeness (QED) is 0.607. The van der Waals surface area contributed by atoms with E-state index in [0.29, 0.717) is 17.8 Å². The molecule has 0 saturated heterocycles. The van der Waals surface area contributed by atoms with Gasteiger partial charge in [-0.1, -0.05) is 18.6 Å². The molecular weight excluding hydrogens is 432 g/mol. The molecule has 1 heterocycles. The second-order valence-electron chi connectivity index (χ2n) is 7.86. The van der Waals surface area contributed by atoms with Crippen molar-refractivity contribution in [3.63, 3.8) is 0 Å². The predicted molar refractivity (Wildman–Crippen MR) is 126 cm³/mol. The topological polar surface area (TPSA) is 90.5 Å². The molecule has 1 amide bonds. The zero-order valence-corrected chi connectivity index (χ0v) is 19.0. The van der Waals surface area contributed by atoms with Gasteiger partial charge in [-0.2, -0.15) is 0 Å². The monoisotopic (exact) mass is 458 g/mol. The standard InChI is InChI=1S/C22H26N4O3S2/c1-2-23-21(30)25-31(28,29)17-12-10-16(11-13-17)26-20(27)18-8-4-5-9-19(18)24-22(26)14-6-3-7-15-22/h4-5,8-13,24H,2-3,6-7,14-15H2,1H3,(H2,23,25,30). The van der Waals surface area contributed by atoms with Gasteiger partial charge in [-0.15, -0.1) is 0 Å². The van der Waals surface area contributed by atoms with Crippen LogP contribution in [0.5, 0.6) is 0 Å². The third-order valence-corrected chi connectivity index (χ3v) is 7.55. The summed E-state index contributed by atoms with van der Waals surface area (Å²) in [5, 5.41) is 6.45. The highest BCUT2D eigenvalue weighted by molar-refractivity contribution is 7.91. The van der Waals surface area contributed by atoms with Crippen LogP contribution in [0, 0.1) is 0 Å². The van der Waals surface area contributed by atoms with Crippen LogP contribution in [0.2, 0.25) is 0 Å². The molecule has 2 aromatic carbocycles. The van der Waals surface area contributed by atoms with E-state index in [2.05, 4.69) is 15.4 Å². The Hall–Kier alpha value is -2.65. The Kier molecular flexibility index (Phi) is 5.90. The molecule has 1 aliphatic heterocycles. The molecule has 0 bridgehead atoms. The second-order valence-corrected chi connectivity index (χ2v) is 9.95. The van der Waals surface area contributed by atoms with E-state index in [9.17, 15) is 13.2 Å². The minimum atomic E-state index is -3.80. The van der Waals surface area contributed by atoms with Gasteiger partial charge in [-0.3, -0.25) is 14.4 Å². The van der Waals surface area contributed by atoms with Crippen molar-refractivity contribution in [3.8, 4) is 0 Å². The van der Waals surface area contributed by atoms with Crippen LogP contribution in [-0.2, 0) is 10.0 Å². The van der Waals surface area contributed by atoms with Crippen LogP contribution in [-0.4, -0.2) is 31.6 Å². The molecule has 4 rings (SSSR count). The van der Waals surface area contributed by atoms with Crippen LogP contribution in [0.25, 0.3) is 0 Å². The van der Waals surface area contributed by atoms with E-state index in [-0.39, 0.29) is 15.9 Å². The first-order chi connectivity index (χ1) is 14.9. The number of hydrogen-bond acceptors (Lipinski definition) is 5. The van der Waals surface area contributed by atoms with Crippen molar-refractivity contribution < 1.29 is 13.2 Å². The van der Waals surface area contributed by atoms with Gasteiger partial charge < -0.3 is 10.6 Å². The van der Waals surface area contributed by atoms with Crippen molar-refractivity contribution >= 4 is 44.6 Å². The van der Waals surface area contributed by atoms with Crippen molar-refractivity contribution in [2.24, 2.45) is 0 Å². The Bertz CT molecular complexity index is 1090. The van der Waals surface area contributed by atoms with Gasteiger partial charge >= 0.3 is 0 Å². The summed E-state index contributed by atoms with van der Waals surface area (Å²) in [7, 11) is -3.80. The van der Waals surface area contributed by atoms with E-state index >= 15 is 0 Å². The van der Waals surface area contributed by atoms with Gasteiger partial charge in [0.2, 0.25) is 0 Å². The fraction of sp³-hybridized carbons (Fsp3) is 0.364. The molecular formula is C22H26N4O3S2. The molecule has 0 aromatic heterocycles. The molecule has 2 aliphatic rings. The number of hydrogen-bond donors (Lipinski definition) is 3. The van der Waals surface area contributed by atoms with E-state index in [1.807, 2.05) is 36.1 Å². The van der Waals surface area contributed by atoms with Gasteiger partial charge in [0.1, 0.15) is 5.66 Å². The number of sulfonamides is 1. The fourth-order valence-electron chi connectivity index (χ4n) is 4.40. The molecule has 9 heteroatoms. The van der Waals surface area contributed by atoms with Crippen LogP contribution in [0.4, 0.5) is 11.4 Å². The number of thiocarbonyl (C=S) groups is 1. The maximum atomic E-state index is 13.5. The fourth-order valence-corrected chi connectivity index (χ4v) is 5.80. The minimum absolute atomic E-state index is 0.0553. The molecule has 0 atom stereocenters. The lowest BCUT2D eigenvalue weighted by Crippen LogP contribution is -2.61. The number of fused-ring (bicyclic) bond motifs is 1. The summed E-state index contributed by atoms with van der Waals surface area (Å²) < 4.78 is 27.5. The van der Waals surface area contributed by atoms with E-state index in [1.165, 1.54) is 12.1 Å². The van der Waals surface area contributed by atoms with Crippen LogP contribution in [0.15, 0.2) is 53.4 Å². The third kappa shape index (κ3) is 4.12. The number of amides is 1. The van der Waals surface area contributed by atoms with Gasteiger partial charge in [0.15, 0.2) is 5.11 Å². The van der Waals surface area contributed by atoms with Gasteiger partial charge in [0.05, 0.1) is 10.5 Å². The first kappa shape index (κ1) is 21.6. The van der Waals surface area contributed by atoms with Crippen LogP contribution < -0.4 is 20.3 Å². The van der Waals surface area contributed by atoms with E-state index < -0.39 is 15.7 Å². The smallest absolute Gasteiger partial charge is 0.263 e. The van der Waals surface area contributed by atoms with Crippen molar-refractivity contribution in [1.82, 2.24) is 10.0 Å². The number of nitrogens with zero attached hydrogens (tertiary/aromatic N) is 1. The summed E-state index contributed by atoms with van der Waals surface area (Å²) in [6, 6.07) is 13.9. The van der Waals surface area contributed by atoms with Crippen molar-refractivity contribution in [2.45, 2.75) is 49.6 Å². The largest absolute Gasteiger partial charge is 0.362 e. The number of nitrogens with one attached hydrogen (secondary N) is 3. The number of rotatable bonds is 4. The summed E-state index contributed by atoms with van der Waals surface area (Å²) in [5.74, 6) is -0.0710. The lowest BCUT2D eigenvalue weighted by atomic mass is 9.84. The van der Waals surface area contributed by atoms with Crippen LogP contribution in [0.3, 0.4) is 0 Å². The average Bonchev–Trinajstić information content (AvgIpc) is 2.74. The molecule has 0 unspecified atom stereocenters. The van der Waals surface area contributed by atoms with Gasteiger partial charge in [-0.05, 0) is 81.2 Å². The number of carbonyl (C=O) groups is 1. The lowest BCUT2D eigenvalue weighted by molar-refractivity contribution is 0.0938. The maximum Gasteiger partial charge on any atom is 0.263 e. The highest BCUT2D eigenvalue weighted by atomic mass is 32.2. The van der Waals surface area contributed by atoms with Crippen LogP contribution >= 0.6 is 12.2 Å². The Morgan fingerprint density at radius 2 is 1.77 bits per heavy atom. The van der Waals surface area contributed by atoms with Gasteiger partial charge in [0, 0.05) is 17.9 Å². The predicted octanol–water partition coefficient (Wildman–Crippen LogP) is 3.59. The van der Waals surface area contributed by atoms with Crippen molar-refractivity contribution in [2.75, 3.05) is 16.8 Å². The normalized spacial score (nSPS) is 17.6. The van der Waals surface area contributed by atoms with Gasteiger partial charge in [0.25, 0.3) is 15.9 Å². The first-order valence-electron chi connectivity index (χ1n) is 10.5. The Labute approximate surface area is 188 Å². The lowest BCUT2D eigenvalue weighted by Gasteiger charge is -2.50. The summed E-state index contributed by atoms with van der Waals surface area (Å²) in [4.78, 5) is 15.4. The Morgan fingerprint density at radius 3 is 2.45 bits per heavy atom. The molecule has 7 nitrogen and oxygen atoms in total. The zero-order valence-electron chi connectivity index (χ0n) is 17.3. The average molecular weight is 459 g/mol. The minimum Gasteiger partial charge on any atom is -0.362 e. The second kappa shape index (κ2) is 8.47. The molecule has 164 valence electrons. The number of anilines is 2. The van der Waals surface area contributed by atoms with E-state index in [4.69, 9.17) is 12.2 Å². The molecule has 1 saturated carbocycles. The summed E-state index contributed by atoms with van der Waals surface area (Å²) >= 11 is 5.00. The highest BCUT2D eigenvalue weighted by Gasteiger charge is 2.46. The Morgan fingerprint density at radius 1 is 1.10 bits per heavy atom. The summed E-state index contributed by atoms with van der Waals surface area (Å²) in [6.45, 7) is 2.35. The zero-order chi connectivity index (χ0) is 22.1. The third-order valence-electron chi connectivity index (χ3n) is 5.81. The van der Waals surface area contributed by atoms with Crippen LogP contribution in [0.1, 0.15) is 49.4 Å². The molecule has 1 aliphatic carbocycles. The molecule has 0 radical (unpaired) electrons. The van der Waals surface area contributed by atoms with E-state index in [1.54, 1.807) is 12.1 Å².